The van der Waals surface area contributed by atoms with Crippen molar-refractivity contribution in [1.82, 2.24) is 15.1 Å². The van der Waals surface area contributed by atoms with Crippen molar-refractivity contribution >= 4 is 23.8 Å². The van der Waals surface area contributed by atoms with E-state index in [4.69, 9.17) is 10.2 Å². The summed E-state index contributed by atoms with van der Waals surface area (Å²) in [6.45, 7) is 1.66. The van der Waals surface area contributed by atoms with Gasteiger partial charge >= 0.3 is 11.9 Å². The zero-order valence-corrected chi connectivity index (χ0v) is 14.1. The lowest BCUT2D eigenvalue weighted by molar-refractivity contribution is -0.148. The van der Waals surface area contributed by atoms with E-state index in [2.05, 4.69) is 5.32 Å². The Morgan fingerprint density at radius 3 is 1.56 bits per heavy atom. The third kappa shape index (κ3) is 4.91. The van der Waals surface area contributed by atoms with Crippen molar-refractivity contribution in [2.45, 2.75) is 50.6 Å². The van der Waals surface area contributed by atoms with Crippen molar-refractivity contribution in [3.63, 3.8) is 0 Å². The predicted molar refractivity (Wildman–Crippen MR) is 86.8 cm³/mol. The van der Waals surface area contributed by atoms with Crippen LogP contribution in [0.3, 0.4) is 0 Å². The fourth-order valence-electron chi connectivity index (χ4n) is 3.45. The van der Waals surface area contributed by atoms with Gasteiger partial charge in [-0.3, -0.25) is 9.59 Å². The minimum atomic E-state index is -0.969. The van der Waals surface area contributed by atoms with Crippen molar-refractivity contribution in [1.29, 1.82) is 0 Å². The van der Waals surface area contributed by atoms with Crippen molar-refractivity contribution < 1.29 is 29.4 Å². The van der Waals surface area contributed by atoms with Gasteiger partial charge in [-0.2, -0.15) is 0 Å². The van der Waals surface area contributed by atoms with E-state index < -0.39 is 24.0 Å². The zero-order valence-electron chi connectivity index (χ0n) is 14.1. The molecule has 3 N–H and O–H groups in total. The second-order valence-electron chi connectivity index (χ2n) is 6.42. The molecule has 0 spiro atoms. The summed E-state index contributed by atoms with van der Waals surface area (Å²) in [7, 11) is 0. The number of nitrogens with one attached hydrogen (secondary N) is 1. The van der Waals surface area contributed by atoms with E-state index in [0.717, 1.165) is 0 Å². The first-order valence-electron chi connectivity index (χ1n) is 8.67. The van der Waals surface area contributed by atoms with Crippen LogP contribution in [0.25, 0.3) is 0 Å². The second-order valence-corrected chi connectivity index (χ2v) is 6.42. The number of carboxylic acids is 2. The Kier molecular flexibility index (Phi) is 6.74. The summed E-state index contributed by atoms with van der Waals surface area (Å²) in [6, 6.07) is -1.45. The average Bonchev–Trinajstić information content (AvgIpc) is 3.23. The van der Waals surface area contributed by atoms with E-state index >= 15 is 0 Å². The maximum Gasteiger partial charge on any atom is 0.326 e. The minimum Gasteiger partial charge on any atom is -0.480 e. The van der Waals surface area contributed by atoms with Crippen LogP contribution in [0.4, 0.5) is 0 Å². The van der Waals surface area contributed by atoms with Crippen molar-refractivity contribution in [3.8, 4) is 0 Å². The second kappa shape index (κ2) is 8.80. The van der Waals surface area contributed by atoms with Gasteiger partial charge in [-0.05, 0) is 25.7 Å². The number of carboxylic acid groups (broad SMARTS) is 2. The first kappa shape index (κ1) is 19.2. The number of likely N-dealkylation sites (tertiary alicyclic amines) is 2. The third-order valence-electron chi connectivity index (χ3n) is 4.75. The molecule has 0 saturated carbocycles. The van der Waals surface area contributed by atoms with Crippen LogP contribution < -0.4 is 5.32 Å². The summed E-state index contributed by atoms with van der Waals surface area (Å²) < 4.78 is 0. The molecule has 9 heteroatoms. The van der Waals surface area contributed by atoms with E-state index in [1.54, 1.807) is 0 Å². The molecule has 0 aliphatic carbocycles. The lowest BCUT2D eigenvalue weighted by Gasteiger charge is -2.22. The molecular weight excluding hydrogens is 330 g/mol. The fraction of sp³-hybridized carbons (Fsp3) is 0.750. The maximum absolute atomic E-state index is 12.1. The molecule has 2 amide bonds. The molecule has 2 aliphatic rings. The molecule has 2 fully saturated rings. The quantitative estimate of drug-likeness (QED) is 0.501. The van der Waals surface area contributed by atoms with Crippen LogP contribution in [0.15, 0.2) is 0 Å². The molecule has 2 atom stereocenters. The minimum absolute atomic E-state index is 0.180. The number of hydrogen-bond acceptors (Lipinski definition) is 5. The number of hydrogen-bond donors (Lipinski definition) is 3. The highest BCUT2D eigenvalue weighted by atomic mass is 16.4. The zero-order chi connectivity index (χ0) is 18.4. The standard InChI is InChI=1S/C16H25N3O6/c20-13(18-9-1-3-11(18)15(22)23)5-7-17-8-6-14(21)19-10-2-4-12(19)16(24)25/h11-12,17H,1-10H2,(H,22,23)(H,24,25)/t11-,12-/m1/s1. The average molecular weight is 355 g/mol. The van der Waals surface area contributed by atoms with Crippen LogP contribution in [-0.4, -0.2) is 82.0 Å². The van der Waals surface area contributed by atoms with Gasteiger partial charge in [-0.25, -0.2) is 9.59 Å². The predicted octanol–water partition coefficient (Wildman–Crippen LogP) is -0.493. The highest BCUT2D eigenvalue weighted by Crippen LogP contribution is 2.19. The van der Waals surface area contributed by atoms with Crippen LogP contribution in [0.2, 0.25) is 0 Å². The van der Waals surface area contributed by atoms with Gasteiger partial charge in [0.05, 0.1) is 0 Å². The molecular formula is C16H25N3O6. The van der Waals surface area contributed by atoms with Crippen molar-refractivity contribution in [2.24, 2.45) is 0 Å². The summed E-state index contributed by atoms with van der Waals surface area (Å²) in [4.78, 5) is 49.1. The Morgan fingerprint density at radius 1 is 0.800 bits per heavy atom. The Morgan fingerprint density at radius 2 is 1.20 bits per heavy atom. The van der Waals surface area contributed by atoms with Gasteiger partial charge in [0.25, 0.3) is 0 Å². The highest BCUT2D eigenvalue weighted by molar-refractivity contribution is 5.85. The summed E-state index contributed by atoms with van der Waals surface area (Å²) in [6.07, 6.45) is 2.74. The first-order chi connectivity index (χ1) is 11.9. The highest BCUT2D eigenvalue weighted by Gasteiger charge is 2.34. The van der Waals surface area contributed by atoms with Gasteiger partial charge in [-0.15, -0.1) is 0 Å². The molecule has 9 nitrogen and oxygen atoms in total. The number of carbonyl (C=O) groups is 4. The van der Waals surface area contributed by atoms with E-state index in [-0.39, 0.29) is 24.7 Å². The van der Waals surface area contributed by atoms with E-state index in [9.17, 15) is 19.2 Å². The smallest absolute Gasteiger partial charge is 0.326 e. The SMILES string of the molecule is O=C(O)[C@H]1CCCN1C(=O)CCNCCC(=O)N1CCC[C@@H]1C(=O)O. The van der Waals surface area contributed by atoms with Gasteiger partial charge < -0.3 is 25.3 Å². The molecule has 2 saturated heterocycles. The summed E-state index contributed by atoms with van der Waals surface area (Å²) >= 11 is 0. The monoisotopic (exact) mass is 355 g/mol. The topological polar surface area (TPSA) is 127 Å². The number of carbonyl (C=O) groups excluding carboxylic acids is 2. The molecule has 0 radical (unpaired) electrons. The molecule has 2 rings (SSSR count). The number of rotatable bonds is 8. The Hall–Kier alpha value is -2.16. The molecule has 0 aromatic heterocycles. The van der Waals surface area contributed by atoms with Crippen LogP contribution >= 0.6 is 0 Å². The van der Waals surface area contributed by atoms with Crippen molar-refractivity contribution in [2.75, 3.05) is 26.2 Å². The van der Waals surface area contributed by atoms with Gasteiger partial charge in [-0.1, -0.05) is 0 Å². The Bertz CT molecular complexity index is 492. The molecule has 2 aliphatic heterocycles. The molecule has 0 aromatic carbocycles. The molecule has 0 aromatic rings. The number of amides is 2. The maximum atomic E-state index is 12.1. The first-order valence-corrected chi connectivity index (χ1v) is 8.67. The van der Waals surface area contributed by atoms with Gasteiger partial charge in [0, 0.05) is 39.0 Å². The lowest BCUT2D eigenvalue weighted by atomic mass is 10.2. The fourth-order valence-corrected chi connectivity index (χ4v) is 3.45. The Balaban J connectivity index is 1.64. The Labute approximate surface area is 146 Å². The van der Waals surface area contributed by atoms with Crippen LogP contribution in [-0.2, 0) is 19.2 Å². The third-order valence-corrected chi connectivity index (χ3v) is 4.75. The normalized spacial score (nSPS) is 23.0. The van der Waals surface area contributed by atoms with Gasteiger partial charge in [0.2, 0.25) is 11.8 Å². The largest absolute Gasteiger partial charge is 0.480 e. The molecule has 0 unspecified atom stereocenters. The van der Waals surface area contributed by atoms with Gasteiger partial charge in [0.15, 0.2) is 0 Å². The summed E-state index contributed by atoms with van der Waals surface area (Å²) in [5.74, 6) is -2.34. The number of nitrogens with zero attached hydrogens (tertiary/aromatic N) is 2. The van der Waals surface area contributed by atoms with Crippen LogP contribution in [0, 0.1) is 0 Å². The summed E-state index contributed by atoms with van der Waals surface area (Å²) in [5.41, 5.74) is 0. The summed E-state index contributed by atoms with van der Waals surface area (Å²) in [5, 5.41) is 21.1. The number of aliphatic carboxylic acids is 2. The van der Waals surface area contributed by atoms with Crippen LogP contribution in [0.5, 0.6) is 0 Å². The molecule has 0 bridgehead atoms. The van der Waals surface area contributed by atoms with Crippen LogP contribution in [0.1, 0.15) is 38.5 Å². The van der Waals surface area contributed by atoms with E-state index in [0.29, 0.717) is 51.9 Å². The van der Waals surface area contributed by atoms with Gasteiger partial charge in [0.1, 0.15) is 12.1 Å². The van der Waals surface area contributed by atoms with E-state index in [1.165, 1.54) is 9.80 Å². The van der Waals surface area contributed by atoms with Crippen molar-refractivity contribution in [3.05, 3.63) is 0 Å². The molecule has 2 heterocycles. The van der Waals surface area contributed by atoms with E-state index in [1.807, 2.05) is 0 Å². The molecule has 25 heavy (non-hydrogen) atoms. The lowest BCUT2D eigenvalue weighted by Crippen LogP contribution is -2.42. The molecule has 140 valence electrons.